The van der Waals surface area contributed by atoms with Crippen molar-refractivity contribution >= 4 is 17.6 Å². The molecule has 0 saturated heterocycles. The Morgan fingerprint density at radius 3 is 2.60 bits per heavy atom. The SMILES string of the molecule is NC(CC1(CSc2ccc(C(F)(F)F)cn2)CC1)=NO. The zero-order chi connectivity index (χ0) is 14.8. The lowest BCUT2D eigenvalue weighted by atomic mass is 10.1. The standard InChI is InChI=1S/C12H14F3N3OS/c13-12(14,15)8-1-2-10(17-6-8)20-7-11(3-4-11)5-9(16)18-19/h1-2,6,19H,3-5,7H2,(H2,16,18). The van der Waals surface area contributed by atoms with Gasteiger partial charge in [0.05, 0.1) is 10.6 Å². The van der Waals surface area contributed by atoms with E-state index in [9.17, 15) is 13.2 Å². The van der Waals surface area contributed by atoms with Gasteiger partial charge in [-0.15, -0.1) is 11.8 Å². The topological polar surface area (TPSA) is 71.5 Å². The van der Waals surface area contributed by atoms with Gasteiger partial charge in [-0.1, -0.05) is 5.16 Å². The van der Waals surface area contributed by atoms with Crippen LogP contribution in [0.4, 0.5) is 13.2 Å². The molecule has 1 aliphatic carbocycles. The molecule has 3 N–H and O–H groups in total. The van der Waals surface area contributed by atoms with Crippen LogP contribution in [0.15, 0.2) is 28.5 Å². The number of hydrogen-bond acceptors (Lipinski definition) is 4. The molecule has 4 nitrogen and oxygen atoms in total. The maximum absolute atomic E-state index is 12.4. The van der Waals surface area contributed by atoms with Crippen molar-refractivity contribution in [3.8, 4) is 0 Å². The minimum Gasteiger partial charge on any atom is -0.409 e. The molecule has 1 aromatic rings. The lowest BCUT2D eigenvalue weighted by Gasteiger charge is -2.13. The molecule has 0 aromatic carbocycles. The van der Waals surface area contributed by atoms with Crippen LogP contribution in [0.1, 0.15) is 24.8 Å². The molecule has 0 aliphatic heterocycles. The Bertz CT molecular complexity index is 498. The zero-order valence-corrected chi connectivity index (χ0v) is 11.3. The first-order chi connectivity index (χ1) is 9.35. The average molecular weight is 305 g/mol. The Morgan fingerprint density at radius 1 is 1.45 bits per heavy atom. The molecule has 1 heterocycles. The number of nitrogens with zero attached hydrogens (tertiary/aromatic N) is 2. The van der Waals surface area contributed by atoms with Crippen LogP contribution in [-0.2, 0) is 6.18 Å². The lowest BCUT2D eigenvalue weighted by molar-refractivity contribution is -0.137. The highest BCUT2D eigenvalue weighted by Gasteiger charge is 2.43. The van der Waals surface area contributed by atoms with E-state index in [1.165, 1.54) is 17.8 Å². The van der Waals surface area contributed by atoms with Gasteiger partial charge in [0.1, 0.15) is 5.84 Å². The third-order valence-corrected chi connectivity index (χ3v) is 4.53. The van der Waals surface area contributed by atoms with Crippen molar-refractivity contribution in [1.29, 1.82) is 0 Å². The normalized spacial score (nSPS) is 18.1. The summed E-state index contributed by atoms with van der Waals surface area (Å²) in [6, 6.07) is 2.39. The lowest BCUT2D eigenvalue weighted by Crippen LogP contribution is -2.19. The van der Waals surface area contributed by atoms with Crippen LogP contribution in [0.5, 0.6) is 0 Å². The Labute approximate surface area is 118 Å². The van der Waals surface area contributed by atoms with E-state index in [0.29, 0.717) is 17.2 Å². The highest BCUT2D eigenvalue weighted by atomic mass is 32.2. The van der Waals surface area contributed by atoms with Gasteiger partial charge in [-0.3, -0.25) is 0 Å². The smallest absolute Gasteiger partial charge is 0.409 e. The quantitative estimate of drug-likeness (QED) is 0.288. The van der Waals surface area contributed by atoms with E-state index >= 15 is 0 Å². The summed E-state index contributed by atoms with van der Waals surface area (Å²) in [4.78, 5) is 3.81. The van der Waals surface area contributed by atoms with Gasteiger partial charge in [0, 0.05) is 18.4 Å². The van der Waals surface area contributed by atoms with Crippen LogP contribution in [0.2, 0.25) is 0 Å². The summed E-state index contributed by atoms with van der Waals surface area (Å²) < 4.78 is 37.2. The maximum atomic E-state index is 12.4. The molecule has 1 saturated carbocycles. The molecule has 0 spiro atoms. The number of rotatable bonds is 5. The number of pyridine rings is 1. The number of thioether (sulfide) groups is 1. The second-order valence-corrected chi connectivity index (χ2v) is 5.94. The first-order valence-corrected chi connectivity index (χ1v) is 6.96. The number of hydrogen-bond donors (Lipinski definition) is 2. The van der Waals surface area contributed by atoms with Crippen molar-refractivity contribution < 1.29 is 18.4 Å². The molecule has 1 aliphatic rings. The minimum absolute atomic E-state index is 0.00857. The van der Waals surface area contributed by atoms with Crippen LogP contribution in [-0.4, -0.2) is 21.8 Å². The molecule has 20 heavy (non-hydrogen) atoms. The zero-order valence-electron chi connectivity index (χ0n) is 10.5. The predicted octanol–water partition coefficient (Wildman–Crippen LogP) is 3.11. The Balaban J connectivity index is 1.92. The van der Waals surface area contributed by atoms with E-state index in [2.05, 4.69) is 10.1 Å². The van der Waals surface area contributed by atoms with E-state index in [0.717, 1.165) is 25.1 Å². The van der Waals surface area contributed by atoms with Gasteiger partial charge in [-0.25, -0.2) is 4.98 Å². The molecular weight excluding hydrogens is 291 g/mol. The van der Waals surface area contributed by atoms with Gasteiger partial charge in [0.15, 0.2) is 0 Å². The number of nitrogens with two attached hydrogens (primary N) is 1. The fourth-order valence-corrected chi connectivity index (χ4v) is 2.97. The molecule has 1 aromatic heterocycles. The van der Waals surface area contributed by atoms with Gasteiger partial charge in [0.25, 0.3) is 0 Å². The third kappa shape index (κ3) is 3.78. The van der Waals surface area contributed by atoms with Crippen molar-refractivity contribution in [2.75, 3.05) is 5.75 Å². The van der Waals surface area contributed by atoms with Crippen LogP contribution >= 0.6 is 11.8 Å². The summed E-state index contributed by atoms with van der Waals surface area (Å²) >= 11 is 1.39. The first-order valence-electron chi connectivity index (χ1n) is 5.97. The molecule has 1 fully saturated rings. The second-order valence-electron chi connectivity index (χ2n) is 4.94. The number of aromatic nitrogens is 1. The number of alkyl halides is 3. The van der Waals surface area contributed by atoms with Crippen molar-refractivity contribution in [2.24, 2.45) is 16.3 Å². The summed E-state index contributed by atoms with van der Waals surface area (Å²) in [6.07, 6.45) is -1.09. The van der Waals surface area contributed by atoms with Crippen LogP contribution < -0.4 is 5.73 Å². The van der Waals surface area contributed by atoms with Crippen LogP contribution in [0.3, 0.4) is 0 Å². The predicted molar refractivity (Wildman–Crippen MR) is 69.7 cm³/mol. The Hall–Kier alpha value is -1.44. The molecule has 0 unspecified atom stereocenters. The van der Waals surface area contributed by atoms with Gasteiger partial charge >= 0.3 is 6.18 Å². The summed E-state index contributed by atoms with van der Waals surface area (Å²) in [7, 11) is 0. The maximum Gasteiger partial charge on any atom is 0.417 e. The van der Waals surface area contributed by atoms with Gasteiger partial charge in [-0.2, -0.15) is 13.2 Å². The number of oxime groups is 1. The summed E-state index contributed by atoms with van der Waals surface area (Å²) in [6.45, 7) is 0. The molecule has 0 amide bonds. The second kappa shape index (κ2) is 5.51. The van der Waals surface area contributed by atoms with E-state index in [1.807, 2.05) is 0 Å². The molecular formula is C12H14F3N3OS. The average Bonchev–Trinajstić information content (AvgIpc) is 3.16. The van der Waals surface area contributed by atoms with Crippen molar-refractivity contribution in [1.82, 2.24) is 4.98 Å². The van der Waals surface area contributed by atoms with E-state index in [4.69, 9.17) is 10.9 Å². The van der Waals surface area contributed by atoms with Crippen LogP contribution in [0, 0.1) is 5.41 Å². The van der Waals surface area contributed by atoms with Crippen molar-refractivity contribution in [3.63, 3.8) is 0 Å². The largest absolute Gasteiger partial charge is 0.417 e. The molecule has 8 heteroatoms. The van der Waals surface area contributed by atoms with Crippen LogP contribution in [0.25, 0.3) is 0 Å². The molecule has 0 atom stereocenters. The highest BCUT2D eigenvalue weighted by Crippen LogP contribution is 2.51. The van der Waals surface area contributed by atoms with E-state index < -0.39 is 11.7 Å². The molecule has 0 bridgehead atoms. The van der Waals surface area contributed by atoms with E-state index in [-0.39, 0.29) is 11.3 Å². The monoisotopic (exact) mass is 305 g/mol. The Morgan fingerprint density at radius 2 is 2.15 bits per heavy atom. The molecule has 2 rings (SSSR count). The van der Waals surface area contributed by atoms with Gasteiger partial charge in [-0.05, 0) is 30.4 Å². The Kier molecular flexibility index (Phi) is 4.12. The van der Waals surface area contributed by atoms with Gasteiger partial charge < -0.3 is 10.9 Å². The minimum atomic E-state index is -4.36. The van der Waals surface area contributed by atoms with Crippen molar-refractivity contribution in [2.45, 2.75) is 30.5 Å². The number of amidine groups is 1. The van der Waals surface area contributed by atoms with E-state index in [1.54, 1.807) is 0 Å². The highest BCUT2D eigenvalue weighted by molar-refractivity contribution is 7.99. The van der Waals surface area contributed by atoms with Gasteiger partial charge in [0.2, 0.25) is 0 Å². The first kappa shape index (κ1) is 15.0. The third-order valence-electron chi connectivity index (χ3n) is 3.23. The molecule has 0 radical (unpaired) electrons. The number of halogens is 3. The summed E-state index contributed by atoms with van der Waals surface area (Å²) in [5.41, 5.74) is 4.73. The van der Waals surface area contributed by atoms with Crippen molar-refractivity contribution in [3.05, 3.63) is 23.9 Å². The molecule has 110 valence electrons. The summed E-state index contributed by atoms with van der Waals surface area (Å²) in [5.74, 6) is 0.880. The fourth-order valence-electron chi connectivity index (χ4n) is 1.83. The summed E-state index contributed by atoms with van der Waals surface area (Å²) in [5, 5.41) is 12.1. The fraction of sp³-hybridized carbons (Fsp3) is 0.500.